The molecule has 2 aromatic carbocycles. The van der Waals surface area contributed by atoms with Crippen LogP contribution in [0.2, 0.25) is 0 Å². The number of carbonyl (C=O) groups is 2. The number of hydrogen-bond acceptors (Lipinski definition) is 4. The molecule has 0 radical (unpaired) electrons. The Bertz CT molecular complexity index is 829. The van der Waals surface area contributed by atoms with Crippen molar-refractivity contribution in [1.82, 2.24) is 10.2 Å². The molecule has 1 saturated heterocycles. The third-order valence-corrected chi connectivity index (χ3v) is 5.10. The van der Waals surface area contributed by atoms with Crippen molar-refractivity contribution in [2.75, 3.05) is 19.9 Å². The van der Waals surface area contributed by atoms with Gasteiger partial charge in [0, 0.05) is 36.7 Å². The lowest BCUT2D eigenvalue weighted by atomic mass is 9.95. The smallest absolute Gasteiger partial charge is 0.253 e. The molecule has 2 aliphatic heterocycles. The van der Waals surface area contributed by atoms with E-state index in [9.17, 15) is 9.59 Å². The molecule has 140 valence electrons. The lowest BCUT2D eigenvalue weighted by Crippen LogP contribution is -2.42. The molecule has 0 aromatic heterocycles. The Hall–Kier alpha value is -3.02. The van der Waals surface area contributed by atoms with Gasteiger partial charge >= 0.3 is 0 Å². The molecule has 4 rings (SSSR count). The third-order valence-electron chi connectivity index (χ3n) is 5.10. The number of nitrogens with zero attached hydrogens (tertiary/aromatic N) is 1. The number of amides is 2. The largest absolute Gasteiger partial charge is 0.454 e. The van der Waals surface area contributed by atoms with Gasteiger partial charge in [-0.25, -0.2) is 0 Å². The van der Waals surface area contributed by atoms with E-state index in [4.69, 9.17) is 9.47 Å². The maximum Gasteiger partial charge on any atom is 0.253 e. The summed E-state index contributed by atoms with van der Waals surface area (Å²) in [4.78, 5) is 26.9. The van der Waals surface area contributed by atoms with Crippen molar-refractivity contribution in [3.8, 4) is 11.5 Å². The van der Waals surface area contributed by atoms with Crippen LogP contribution < -0.4 is 14.8 Å². The Labute approximate surface area is 158 Å². The molecular formula is C21H22N2O4. The summed E-state index contributed by atoms with van der Waals surface area (Å²) in [6, 6.07) is 14.9. The molecule has 1 fully saturated rings. The quantitative estimate of drug-likeness (QED) is 0.903. The van der Waals surface area contributed by atoms with Gasteiger partial charge in [0.05, 0.1) is 0 Å². The SMILES string of the molecule is O=C(NCc1cccc2c1OCO2)C1CCN(C(=O)c2ccccc2)CC1. The minimum atomic E-state index is -0.0706. The minimum Gasteiger partial charge on any atom is -0.454 e. The molecule has 0 saturated carbocycles. The zero-order chi connectivity index (χ0) is 18.6. The molecule has 2 aromatic rings. The average molecular weight is 366 g/mol. The summed E-state index contributed by atoms with van der Waals surface area (Å²) in [5.74, 6) is 1.42. The van der Waals surface area contributed by atoms with Crippen LogP contribution in [0, 0.1) is 5.92 Å². The van der Waals surface area contributed by atoms with Crippen molar-refractivity contribution in [1.29, 1.82) is 0 Å². The van der Waals surface area contributed by atoms with Crippen LogP contribution in [0.25, 0.3) is 0 Å². The van der Waals surface area contributed by atoms with Crippen LogP contribution in [0.3, 0.4) is 0 Å². The molecule has 0 spiro atoms. The lowest BCUT2D eigenvalue weighted by Gasteiger charge is -2.31. The number of nitrogens with one attached hydrogen (secondary N) is 1. The van der Waals surface area contributed by atoms with Gasteiger partial charge in [-0.1, -0.05) is 30.3 Å². The van der Waals surface area contributed by atoms with Gasteiger partial charge in [0.15, 0.2) is 11.5 Å². The second-order valence-corrected chi connectivity index (χ2v) is 6.80. The van der Waals surface area contributed by atoms with Crippen molar-refractivity contribution in [2.45, 2.75) is 19.4 Å². The normalized spacial score (nSPS) is 16.2. The highest BCUT2D eigenvalue weighted by Gasteiger charge is 2.28. The number of rotatable bonds is 4. The monoisotopic (exact) mass is 366 g/mol. The number of likely N-dealkylation sites (tertiary alicyclic amines) is 1. The van der Waals surface area contributed by atoms with Crippen molar-refractivity contribution in [2.24, 2.45) is 5.92 Å². The second kappa shape index (κ2) is 7.70. The summed E-state index contributed by atoms with van der Waals surface area (Å²) >= 11 is 0. The number of ether oxygens (including phenoxy) is 2. The van der Waals surface area contributed by atoms with Gasteiger partial charge in [-0.15, -0.1) is 0 Å². The number of fused-ring (bicyclic) bond motifs is 1. The van der Waals surface area contributed by atoms with Gasteiger partial charge in [-0.05, 0) is 31.0 Å². The van der Waals surface area contributed by atoms with E-state index in [-0.39, 0.29) is 24.5 Å². The van der Waals surface area contributed by atoms with Crippen molar-refractivity contribution >= 4 is 11.8 Å². The standard InChI is InChI=1S/C21H22N2O4/c24-20(22-13-17-7-4-8-18-19(17)27-14-26-18)15-9-11-23(12-10-15)21(25)16-5-2-1-3-6-16/h1-8,15H,9-14H2,(H,22,24). The lowest BCUT2D eigenvalue weighted by molar-refractivity contribution is -0.126. The van der Waals surface area contributed by atoms with E-state index >= 15 is 0 Å². The van der Waals surface area contributed by atoms with Crippen LogP contribution in [0.5, 0.6) is 11.5 Å². The summed E-state index contributed by atoms with van der Waals surface area (Å²) in [6.45, 7) is 1.83. The highest BCUT2D eigenvalue weighted by Crippen LogP contribution is 2.35. The number of para-hydroxylation sites is 1. The minimum absolute atomic E-state index is 0.0262. The summed E-state index contributed by atoms with van der Waals surface area (Å²) in [7, 11) is 0. The van der Waals surface area contributed by atoms with Gasteiger partial charge < -0.3 is 19.7 Å². The molecule has 27 heavy (non-hydrogen) atoms. The Morgan fingerprint density at radius 2 is 1.78 bits per heavy atom. The van der Waals surface area contributed by atoms with Crippen molar-refractivity contribution in [3.63, 3.8) is 0 Å². The summed E-state index contributed by atoms with van der Waals surface area (Å²) in [6.07, 6.45) is 1.35. The fourth-order valence-corrected chi connectivity index (χ4v) is 3.56. The molecule has 6 nitrogen and oxygen atoms in total. The molecular weight excluding hydrogens is 344 g/mol. The molecule has 2 heterocycles. The molecule has 1 N–H and O–H groups in total. The third kappa shape index (κ3) is 3.74. The van der Waals surface area contributed by atoms with Crippen LogP contribution in [-0.2, 0) is 11.3 Å². The summed E-state index contributed by atoms with van der Waals surface area (Å²) in [5.41, 5.74) is 1.61. The number of piperidine rings is 1. The van der Waals surface area contributed by atoms with Gasteiger partial charge in [0.2, 0.25) is 12.7 Å². The van der Waals surface area contributed by atoms with Gasteiger partial charge in [-0.2, -0.15) is 0 Å². The first-order valence-corrected chi connectivity index (χ1v) is 9.22. The van der Waals surface area contributed by atoms with E-state index in [0.717, 1.165) is 11.3 Å². The molecule has 0 unspecified atom stereocenters. The Morgan fingerprint density at radius 1 is 1.00 bits per heavy atom. The number of hydrogen-bond donors (Lipinski definition) is 1. The van der Waals surface area contributed by atoms with Crippen LogP contribution >= 0.6 is 0 Å². The van der Waals surface area contributed by atoms with Crippen LogP contribution in [-0.4, -0.2) is 36.6 Å². The molecule has 0 bridgehead atoms. The van der Waals surface area contributed by atoms with E-state index in [0.29, 0.717) is 43.8 Å². The predicted octanol–water partition coefficient (Wildman–Crippen LogP) is 2.58. The van der Waals surface area contributed by atoms with Crippen LogP contribution in [0.15, 0.2) is 48.5 Å². The summed E-state index contributed by atoms with van der Waals surface area (Å²) in [5, 5.41) is 3.00. The first kappa shape index (κ1) is 17.4. The first-order valence-electron chi connectivity index (χ1n) is 9.22. The zero-order valence-electron chi connectivity index (χ0n) is 15.0. The molecule has 0 aliphatic carbocycles. The Balaban J connectivity index is 1.29. The maximum atomic E-state index is 12.5. The highest BCUT2D eigenvalue weighted by atomic mass is 16.7. The fourth-order valence-electron chi connectivity index (χ4n) is 3.56. The maximum absolute atomic E-state index is 12.5. The first-order chi connectivity index (χ1) is 13.2. The van der Waals surface area contributed by atoms with E-state index in [1.807, 2.05) is 53.4 Å². The molecule has 2 amide bonds. The fraction of sp³-hybridized carbons (Fsp3) is 0.333. The second-order valence-electron chi connectivity index (χ2n) is 6.80. The summed E-state index contributed by atoms with van der Waals surface area (Å²) < 4.78 is 10.8. The van der Waals surface area contributed by atoms with Crippen molar-refractivity contribution < 1.29 is 19.1 Å². The van der Waals surface area contributed by atoms with Gasteiger partial charge in [0.25, 0.3) is 5.91 Å². The Morgan fingerprint density at radius 3 is 2.56 bits per heavy atom. The zero-order valence-corrected chi connectivity index (χ0v) is 15.0. The van der Waals surface area contributed by atoms with E-state index < -0.39 is 0 Å². The molecule has 6 heteroatoms. The average Bonchev–Trinajstić information content (AvgIpc) is 3.22. The van der Waals surface area contributed by atoms with Gasteiger partial charge in [-0.3, -0.25) is 9.59 Å². The van der Waals surface area contributed by atoms with E-state index in [2.05, 4.69) is 5.32 Å². The molecule has 2 aliphatic rings. The molecule has 0 atom stereocenters. The number of benzene rings is 2. The van der Waals surface area contributed by atoms with Crippen LogP contribution in [0.4, 0.5) is 0 Å². The Kier molecular flexibility index (Phi) is 4.96. The van der Waals surface area contributed by atoms with E-state index in [1.165, 1.54) is 0 Å². The predicted molar refractivity (Wildman–Crippen MR) is 99.5 cm³/mol. The van der Waals surface area contributed by atoms with Gasteiger partial charge in [0.1, 0.15) is 0 Å². The number of carbonyl (C=O) groups excluding carboxylic acids is 2. The van der Waals surface area contributed by atoms with Crippen molar-refractivity contribution in [3.05, 3.63) is 59.7 Å². The topological polar surface area (TPSA) is 67.9 Å². The van der Waals surface area contributed by atoms with E-state index in [1.54, 1.807) is 0 Å². The van der Waals surface area contributed by atoms with Crippen LogP contribution in [0.1, 0.15) is 28.8 Å². The highest BCUT2D eigenvalue weighted by molar-refractivity contribution is 5.94.